The molecule has 7 heteroatoms. The van der Waals surface area contributed by atoms with Gasteiger partial charge >= 0.3 is 5.97 Å². The summed E-state index contributed by atoms with van der Waals surface area (Å²) in [6.45, 7) is 4.25. The average molecular weight is 468 g/mol. The largest absolute Gasteiger partial charge is 0.496 e. The molecule has 0 aromatic heterocycles. The van der Waals surface area contributed by atoms with Gasteiger partial charge in [-0.05, 0) is 61.7 Å². The summed E-state index contributed by atoms with van der Waals surface area (Å²) in [4.78, 5) is 12.3. The van der Waals surface area contributed by atoms with Crippen LogP contribution >= 0.6 is 0 Å². The number of methoxy groups -OCH3 is 2. The van der Waals surface area contributed by atoms with Crippen molar-refractivity contribution in [2.45, 2.75) is 20.3 Å². The van der Waals surface area contributed by atoms with Gasteiger partial charge in [0.25, 0.3) is 0 Å². The van der Waals surface area contributed by atoms with Gasteiger partial charge in [0.2, 0.25) is 0 Å². The van der Waals surface area contributed by atoms with Crippen LogP contribution in [0.5, 0.6) is 17.2 Å². The van der Waals surface area contributed by atoms with Crippen LogP contribution in [0.15, 0.2) is 60.2 Å². The maximum absolute atomic E-state index is 14.9. The minimum atomic E-state index is -1.28. The van der Waals surface area contributed by atoms with E-state index in [1.54, 1.807) is 12.1 Å². The lowest BCUT2D eigenvalue weighted by molar-refractivity contribution is 0.0694. The zero-order valence-electron chi connectivity index (χ0n) is 19.4. The molecule has 34 heavy (non-hydrogen) atoms. The maximum Gasteiger partial charge on any atom is 0.340 e. The fraction of sp³-hybridized carbons (Fsp3) is 0.222. The highest BCUT2D eigenvalue weighted by atomic mass is 19.1. The number of carbonyl (C=O) groups is 1. The molecule has 0 saturated heterocycles. The van der Waals surface area contributed by atoms with Crippen LogP contribution in [0.2, 0.25) is 0 Å². The van der Waals surface area contributed by atoms with Crippen molar-refractivity contribution >= 4 is 5.97 Å². The molecule has 0 amide bonds. The Kier molecular flexibility index (Phi) is 7.89. The van der Waals surface area contributed by atoms with E-state index in [1.807, 2.05) is 19.9 Å². The number of rotatable bonds is 9. The normalized spacial score (nSPS) is 10.5. The summed E-state index contributed by atoms with van der Waals surface area (Å²) in [5.74, 6) is -2.02. The standard InChI is InChI=1S/C27H26F2O5/c1-16(2)6-5-13-34-22-12-9-18(14-21(22)29)24-23(32-3)15-20(17-7-10-19(28)11-8-17)26(33-4)25(24)27(30)31/h6-12,14-15H,5,13H2,1-4H3,(H,30,31). The molecule has 0 heterocycles. The summed E-state index contributed by atoms with van der Waals surface area (Å²) in [7, 11) is 2.73. The molecule has 0 unspecified atom stereocenters. The molecular weight excluding hydrogens is 442 g/mol. The van der Waals surface area contributed by atoms with Crippen molar-refractivity contribution in [1.82, 2.24) is 0 Å². The Morgan fingerprint density at radius 3 is 2.18 bits per heavy atom. The summed E-state index contributed by atoms with van der Waals surface area (Å²) < 4.78 is 44.8. The fourth-order valence-electron chi connectivity index (χ4n) is 3.64. The Morgan fingerprint density at radius 2 is 1.62 bits per heavy atom. The monoisotopic (exact) mass is 468 g/mol. The van der Waals surface area contributed by atoms with E-state index >= 15 is 0 Å². The summed E-state index contributed by atoms with van der Waals surface area (Å²) in [5, 5.41) is 10.1. The van der Waals surface area contributed by atoms with Crippen LogP contribution < -0.4 is 14.2 Å². The quantitative estimate of drug-likeness (QED) is 0.278. The van der Waals surface area contributed by atoms with Gasteiger partial charge < -0.3 is 19.3 Å². The number of allylic oxidation sites excluding steroid dienone is 1. The van der Waals surface area contributed by atoms with Crippen molar-refractivity contribution in [3.8, 4) is 39.5 Å². The molecule has 3 aromatic rings. The number of carboxylic acid groups (broad SMARTS) is 1. The van der Waals surface area contributed by atoms with E-state index in [2.05, 4.69) is 0 Å². The van der Waals surface area contributed by atoms with Gasteiger partial charge in [-0.15, -0.1) is 0 Å². The third kappa shape index (κ3) is 5.36. The van der Waals surface area contributed by atoms with E-state index in [1.165, 1.54) is 50.6 Å². The Labute approximate surface area is 197 Å². The van der Waals surface area contributed by atoms with Gasteiger partial charge in [0.15, 0.2) is 11.6 Å². The first kappa shape index (κ1) is 24.8. The number of hydrogen-bond donors (Lipinski definition) is 1. The van der Waals surface area contributed by atoms with Crippen molar-refractivity contribution in [3.63, 3.8) is 0 Å². The molecule has 0 atom stereocenters. The topological polar surface area (TPSA) is 65.0 Å². The molecule has 0 fully saturated rings. The average Bonchev–Trinajstić information content (AvgIpc) is 2.81. The highest BCUT2D eigenvalue weighted by molar-refractivity contribution is 6.04. The van der Waals surface area contributed by atoms with Crippen LogP contribution in [0, 0.1) is 11.6 Å². The lowest BCUT2D eigenvalue weighted by atomic mass is 9.92. The smallest absolute Gasteiger partial charge is 0.340 e. The lowest BCUT2D eigenvalue weighted by Gasteiger charge is -2.19. The molecular formula is C27H26F2O5. The van der Waals surface area contributed by atoms with Gasteiger partial charge in [-0.1, -0.05) is 29.8 Å². The zero-order chi connectivity index (χ0) is 24.8. The molecule has 5 nitrogen and oxygen atoms in total. The van der Waals surface area contributed by atoms with Crippen LogP contribution in [0.4, 0.5) is 8.78 Å². The molecule has 178 valence electrons. The van der Waals surface area contributed by atoms with Crippen molar-refractivity contribution in [2.75, 3.05) is 20.8 Å². The lowest BCUT2D eigenvalue weighted by Crippen LogP contribution is -2.07. The Hall–Kier alpha value is -3.87. The van der Waals surface area contributed by atoms with E-state index in [4.69, 9.17) is 14.2 Å². The number of carboxylic acids is 1. The van der Waals surface area contributed by atoms with E-state index in [0.29, 0.717) is 24.2 Å². The first-order valence-electron chi connectivity index (χ1n) is 10.6. The highest BCUT2D eigenvalue weighted by Crippen LogP contribution is 2.45. The first-order valence-corrected chi connectivity index (χ1v) is 10.6. The minimum Gasteiger partial charge on any atom is -0.496 e. The second kappa shape index (κ2) is 10.8. The van der Waals surface area contributed by atoms with E-state index in [0.717, 1.165) is 5.57 Å². The number of aromatic carboxylic acids is 1. The Bertz CT molecular complexity index is 1210. The number of benzene rings is 3. The predicted octanol–water partition coefficient (Wildman–Crippen LogP) is 6.75. The molecule has 3 rings (SSSR count). The second-order valence-electron chi connectivity index (χ2n) is 7.79. The van der Waals surface area contributed by atoms with Gasteiger partial charge in [0, 0.05) is 11.1 Å². The SMILES string of the molecule is COc1cc(-c2ccc(F)cc2)c(OC)c(C(=O)O)c1-c1ccc(OCCC=C(C)C)c(F)c1. The fourth-order valence-corrected chi connectivity index (χ4v) is 3.64. The van der Waals surface area contributed by atoms with Crippen molar-refractivity contribution in [3.05, 3.63) is 77.4 Å². The van der Waals surface area contributed by atoms with E-state index in [9.17, 15) is 18.7 Å². The van der Waals surface area contributed by atoms with Crippen LogP contribution in [-0.4, -0.2) is 31.9 Å². The molecule has 0 aliphatic rings. The molecule has 0 spiro atoms. The molecule has 0 radical (unpaired) electrons. The van der Waals surface area contributed by atoms with Gasteiger partial charge in [-0.3, -0.25) is 0 Å². The summed E-state index contributed by atoms with van der Waals surface area (Å²) in [6, 6.07) is 11.4. The Balaban J connectivity index is 2.12. The van der Waals surface area contributed by atoms with Crippen LogP contribution in [0.1, 0.15) is 30.6 Å². The van der Waals surface area contributed by atoms with Gasteiger partial charge in [-0.2, -0.15) is 0 Å². The number of halogens is 2. The first-order chi connectivity index (χ1) is 16.3. The molecule has 0 aliphatic carbocycles. The van der Waals surface area contributed by atoms with E-state index in [-0.39, 0.29) is 33.9 Å². The number of ether oxygens (including phenoxy) is 3. The molecule has 1 N–H and O–H groups in total. The zero-order valence-corrected chi connectivity index (χ0v) is 19.4. The Morgan fingerprint density at radius 1 is 0.941 bits per heavy atom. The molecule has 0 aliphatic heterocycles. The summed E-state index contributed by atoms with van der Waals surface area (Å²) in [5.41, 5.74) is 2.33. The van der Waals surface area contributed by atoms with Crippen molar-refractivity contribution < 1.29 is 32.9 Å². The highest BCUT2D eigenvalue weighted by Gasteiger charge is 2.27. The van der Waals surface area contributed by atoms with Gasteiger partial charge in [-0.25, -0.2) is 13.6 Å². The van der Waals surface area contributed by atoms with Crippen LogP contribution in [-0.2, 0) is 0 Å². The third-order valence-corrected chi connectivity index (χ3v) is 5.19. The van der Waals surface area contributed by atoms with Crippen LogP contribution in [0.3, 0.4) is 0 Å². The minimum absolute atomic E-state index is 0.0531. The van der Waals surface area contributed by atoms with Crippen molar-refractivity contribution in [1.29, 1.82) is 0 Å². The molecule has 0 bridgehead atoms. The molecule has 0 saturated carbocycles. The summed E-state index contributed by atoms with van der Waals surface area (Å²) >= 11 is 0. The summed E-state index contributed by atoms with van der Waals surface area (Å²) in [6.07, 6.45) is 2.63. The van der Waals surface area contributed by atoms with Gasteiger partial charge in [0.05, 0.1) is 20.8 Å². The second-order valence-corrected chi connectivity index (χ2v) is 7.79. The number of hydrogen-bond acceptors (Lipinski definition) is 4. The van der Waals surface area contributed by atoms with Crippen molar-refractivity contribution in [2.24, 2.45) is 0 Å². The predicted molar refractivity (Wildman–Crippen MR) is 127 cm³/mol. The third-order valence-electron chi connectivity index (χ3n) is 5.19. The van der Waals surface area contributed by atoms with Gasteiger partial charge in [0.1, 0.15) is 22.9 Å². The maximum atomic E-state index is 14.9. The molecule has 3 aromatic carbocycles. The van der Waals surface area contributed by atoms with Crippen LogP contribution in [0.25, 0.3) is 22.3 Å². The van der Waals surface area contributed by atoms with E-state index < -0.39 is 17.6 Å².